The van der Waals surface area contributed by atoms with Crippen LogP contribution in [0.2, 0.25) is 5.02 Å². The van der Waals surface area contributed by atoms with E-state index in [-0.39, 0.29) is 17.6 Å². The van der Waals surface area contributed by atoms with Gasteiger partial charge in [-0.3, -0.25) is 9.36 Å². The molecule has 3 aromatic rings. The van der Waals surface area contributed by atoms with Gasteiger partial charge in [-0.1, -0.05) is 35.5 Å². The van der Waals surface area contributed by atoms with E-state index >= 15 is 0 Å². The Balaban J connectivity index is 1.66. The summed E-state index contributed by atoms with van der Waals surface area (Å²) in [7, 11) is 0. The average Bonchev–Trinajstić information content (AvgIpc) is 3.17. The molecule has 6 nitrogen and oxygen atoms in total. The third kappa shape index (κ3) is 5.20. The first-order valence-corrected chi connectivity index (χ1v) is 10.6. The van der Waals surface area contributed by atoms with Gasteiger partial charge in [-0.15, -0.1) is 0 Å². The first kappa shape index (κ1) is 21.9. The summed E-state index contributed by atoms with van der Waals surface area (Å²) in [6.45, 7) is 1.37. The van der Waals surface area contributed by atoms with Crippen LogP contribution in [0.25, 0.3) is 5.69 Å². The van der Waals surface area contributed by atoms with Crippen LogP contribution in [-0.4, -0.2) is 34.3 Å². The zero-order chi connectivity index (χ0) is 21.7. The number of carbonyl (C=O) groups is 2. The number of nitrogens with zero attached hydrogens (tertiary/aromatic N) is 2. The molecule has 1 unspecified atom stereocenters. The molecule has 0 radical (unpaired) electrons. The van der Waals surface area contributed by atoms with E-state index < -0.39 is 18.5 Å². The summed E-state index contributed by atoms with van der Waals surface area (Å²) in [4.78, 5) is 29.0. The molecular weight excluding hydrogens is 429 g/mol. The molecule has 3 rings (SSSR count). The number of rotatable bonds is 7. The third-order valence-corrected chi connectivity index (χ3v) is 5.19. The molecule has 0 aliphatic carbocycles. The Morgan fingerprint density at radius 2 is 1.87 bits per heavy atom. The van der Waals surface area contributed by atoms with Crippen LogP contribution in [0.15, 0.2) is 59.9 Å². The smallest absolute Gasteiger partial charge is 0.357 e. The maximum atomic E-state index is 13.3. The van der Waals surface area contributed by atoms with Gasteiger partial charge in [0.25, 0.3) is 5.91 Å². The lowest BCUT2D eigenvalue weighted by molar-refractivity contribution is -0.124. The number of benzene rings is 2. The van der Waals surface area contributed by atoms with E-state index in [1.54, 1.807) is 16.7 Å². The average molecular weight is 448 g/mol. The monoisotopic (exact) mass is 447 g/mol. The minimum absolute atomic E-state index is 0.143. The summed E-state index contributed by atoms with van der Waals surface area (Å²) in [5.41, 5.74) is 1.58. The van der Waals surface area contributed by atoms with Crippen LogP contribution in [0.1, 0.15) is 29.0 Å². The van der Waals surface area contributed by atoms with Crippen molar-refractivity contribution in [2.75, 3.05) is 12.9 Å². The van der Waals surface area contributed by atoms with Crippen LogP contribution in [0, 0.1) is 5.82 Å². The second-order valence-electron chi connectivity index (χ2n) is 6.36. The quantitative estimate of drug-likeness (QED) is 0.428. The number of carbonyl (C=O) groups excluding carboxylic acids is 2. The molecule has 0 saturated heterocycles. The van der Waals surface area contributed by atoms with E-state index in [1.165, 1.54) is 42.2 Å². The molecule has 1 atom stereocenters. The number of thioether (sulfide) groups is 1. The van der Waals surface area contributed by atoms with Crippen LogP contribution in [0.5, 0.6) is 0 Å². The number of halogens is 2. The highest BCUT2D eigenvalue weighted by Gasteiger charge is 2.20. The summed E-state index contributed by atoms with van der Waals surface area (Å²) in [6.07, 6.45) is 3.18. The van der Waals surface area contributed by atoms with Crippen LogP contribution < -0.4 is 5.32 Å². The molecule has 1 amide bonds. The van der Waals surface area contributed by atoms with Gasteiger partial charge in [-0.2, -0.15) is 0 Å². The Labute approximate surface area is 182 Å². The zero-order valence-corrected chi connectivity index (χ0v) is 17.8. The first-order valence-electron chi connectivity index (χ1n) is 8.98. The molecule has 0 saturated carbocycles. The fraction of sp³-hybridized carbons (Fsp3) is 0.190. The van der Waals surface area contributed by atoms with E-state index in [0.717, 1.165) is 5.56 Å². The molecule has 0 bridgehead atoms. The molecule has 1 heterocycles. The third-order valence-electron chi connectivity index (χ3n) is 4.29. The molecule has 9 heteroatoms. The van der Waals surface area contributed by atoms with Crippen molar-refractivity contribution in [2.45, 2.75) is 18.1 Å². The number of ether oxygens (including phenoxy) is 1. The minimum Gasteiger partial charge on any atom is -0.451 e. The highest BCUT2D eigenvalue weighted by molar-refractivity contribution is 7.98. The highest BCUT2D eigenvalue weighted by Crippen LogP contribution is 2.22. The number of imidazole rings is 1. The van der Waals surface area contributed by atoms with Crippen molar-refractivity contribution in [3.8, 4) is 5.69 Å². The van der Waals surface area contributed by atoms with Crippen molar-refractivity contribution in [3.05, 3.63) is 76.8 Å². The second kappa shape index (κ2) is 9.77. The maximum absolute atomic E-state index is 13.3. The predicted octanol–water partition coefficient (Wildman–Crippen LogP) is 4.42. The largest absolute Gasteiger partial charge is 0.451 e. The number of nitrogens with one attached hydrogen (secondary N) is 1. The van der Waals surface area contributed by atoms with Crippen molar-refractivity contribution in [2.24, 2.45) is 0 Å². The van der Waals surface area contributed by atoms with Crippen LogP contribution in [0.3, 0.4) is 0 Å². The lowest BCUT2D eigenvalue weighted by atomic mass is 10.1. The summed E-state index contributed by atoms with van der Waals surface area (Å²) in [5, 5.41) is 3.91. The van der Waals surface area contributed by atoms with Crippen LogP contribution >= 0.6 is 23.4 Å². The number of aromatic nitrogens is 2. The van der Waals surface area contributed by atoms with Gasteiger partial charge in [0.2, 0.25) is 0 Å². The fourth-order valence-corrected chi connectivity index (χ4v) is 3.46. The summed E-state index contributed by atoms with van der Waals surface area (Å²) < 4.78 is 20.0. The Morgan fingerprint density at radius 3 is 2.50 bits per heavy atom. The number of esters is 1. The molecule has 0 aliphatic heterocycles. The van der Waals surface area contributed by atoms with Crippen molar-refractivity contribution >= 4 is 35.2 Å². The molecule has 0 aliphatic rings. The Kier molecular flexibility index (Phi) is 7.12. The predicted molar refractivity (Wildman–Crippen MR) is 114 cm³/mol. The van der Waals surface area contributed by atoms with Gasteiger partial charge in [0.1, 0.15) is 5.82 Å². The Hall–Kier alpha value is -2.84. The van der Waals surface area contributed by atoms with Crippen molar-refractivity contribution < 1.29 is 18.7 Å². The summed E-state index contributed by atoms with van der Waals surface area (Å²) >= 11 is 7.20. The summed E-state index contributed by atoms with van der Waals surface area (Å²) in [6, 6.07) is 12.5. The molecule has 0 fully saturated rings. The van der Waals surface area contributed by atoms with Gasteiger partial charge in [-0.25, -0.2) is 14.2 Å². The molecule has 0 spiro atoms. The van der Waals surface area contributed by atoms with Crippen molar-refractivity contribution in [3.63, 3.8) is 0 Å². The molecule has 156 valence electrons. The number of hydrogen-bond donors (Lipinski definition) is 1. The van der Waals surface area contributed by atoms with Gasteiger partial charge in [0, 0.05) is 10.7 Å². The SMILES string of the molecule is CSc1ncc(C(=O)OCC(=O)NC(C)c2ccc(Cl)cc2)n1-c1ccc(F)cc1. The standard InChI is InChI=1S/C21H19ClFN3O3S/c1-13(14-3-5-15(22)6-4-14)25-19(27)12-29-20(28)18-11-24-21(30-2)26(18)17-9-7-16(23)8-10-17/h3-11,13H,12H2,1-2H3,(H,25,27). The molecule has 2 aromatic carbocycles. The van der Waals surface area contributed by atoms with Crippen molar-refractivity contribution in [1.82, 2.24) is 14.9 Å². The van der Waals surface area contributed by atoms with E-state index in [4.69, 9.17) is 16.3 Å². The lowest BCUT2D eigenvalue weighted by Gasteiger charge is -2.15. The highest BCUT2D eigenvalue weighted by atomic mass is 35.5. The van der Waals surface area contributed by atoms with E-state index in [1.807, 2.05) is 25.3 Å². The zero-order valence-electron chi connectivity index (χ0n) is 16.3. The maximum Gasteiger partial charge on any atom is 0.357 e. The van der Waals surface area contributed by atoms with Gasteiger partial charge >= 0.3 is 5.97 Å². The van der Waals surface area contributed by atoms with Crippen molar-refractivity contribution in [1.29, 1.82) is 0 Å². The number of hydrogen-bond acceptors (Lipinski definition) is 5. The Bertz CT molecular complexity index is 1040. The first-order chi connectivity index (χ1) is 14.4. The minimum atomic E-state index is -0.707. The van der Waals surface area contributed by atoms with E-state index in [0.29, 0.717) is 15.9 Å². The van der Waals surface area contributed by atoms with Crippen LogP contribution in [0.4, 0.5) is 4.39 Å². The molecular formula is C21H19ClFN3O3S. The topological polar surface area (TPSA) is 73.2 Å². The number of amides is 1. The van der Waals surface area contributed by atoms with Gasteiger partial charge in [0.05, 0.1) is 12.2 Å². The fourth-order valence-electron chi connectivity index (χ4n) is 2.79. The molecule has 1 N–H and O–H groups in total. The van der Waals surface area contributed by atoms with Gasteiger partial charge < -0.3 is 10.1 Å². The van der Waals surface area contributed by atoms with E-state index in [2.05, 4.69) is 10.3 Å². The van der Waals surface area contributed by atoms with Crippen LogP contribution in [-0.2, 0) is 9.53 Å². The van der Waals surface area contributed by atoms with Gasteiger partial charge in [0.15, 0.2) is 17.5 Å². The summed E-state index contributed by atoms with van der Waals surface area (Å²) in [5.74, 6) is -1.54. The van der Waals surface area contributed by atoms with Gasteiger partial charge in [-0.05, 0) is 55.1 Å². The Morgan fingerprint density at radius 1 is 1.20 bits per heavy atom. The second-order valence-corrected chi connectivity index (χ2v) is 7.57. The van der Waals surface area contributed by atoms with E-state index in [9.17, 15) is 14.0 Å². The molecule has 30 heavy (non-hydrogen) atoms. The molecule has 1 aromatic heterocycles. The normalized spacial score (nSPS) is 11.7. The lowest BCUT2D eigenvalue weighted by Crippen LogP contribution is -2.31.